The molecule has 0 aliphatic heterocycles. The zero-order valence-corrected chi connectivity index (χ0v) is 10.8. The van der Waals surface area contributed by atoms with Crippen LogP contribution in [-0.2, 0) is 15.1 Å². The monoisotopic (exact) mass is 311 g/mol. The van der Waals surface area contributed by atoms with Crippen LogP contribution in [0.1, 0.15) is 12.5 Å². The van der Waals surface area contributed by atoms with Crippen LogP contribution >= 0.6 is 0 Å². The van der Waals surface area contributed by atoms with Crippen LogP contribution in [0.4, 0.5) is 17.6 Å². The Hall–Kier alpha value is -1.87. The topological polar surface area (TPSA) is 92.8 Å². The number of rotatable bonds is 4. The van der Waals surface area contributed by atoms with Crippen LogP contribution in [-0.4, -0.2) is 35.0 Å². The predicted molar refractivity (Wildman–Crippen MR) is 62.6 cm³/mol. The molecule has 0 aliphatic carbocycles. The fourth-order valence-corrected chi connectivity index (χ4v) is 1.68. The maximum atomic E-state index is 13.0. The molecule has 4 N–H and O–H groups in total. The number of ether oxygens (including phenoxy) is 1. The molecule has 0 radical (unpaired) electrons. The van der Waals surface area contributed by atoms with Crippen molar-refractivity contribution in [2.45, 2.75) is 24.7 Å². The van der Waals surface area contributed by atoms with Crippen molar-refractivity contribution in [1.29, 1.82) is 0 Å². The smallest absolute Gasteiger partial charge is 0.490 e. The molecule has 1 aromatic rings. The first-order chi connectivity index (χ1) is 9.54. The van der Waals surface area contributed by atoms with E-state index in [1.54, 1.807) is 0 Å². The van der Waals surface area contributed by atoms with E-state index in [0.29, 0.717) is 0 Å². The fraction of sp³-hybridized carbons (Fsp3) is 0.417. The number of hydrogen-bond acceptors (Lipinski definition) is 5. The molecule has 5 nitrogen and oxygen atoms in total. The first kappa shape index (κ1) is 17.2. The number of phenolic OH excluding ortho intramolecular Hbond substituents is 1. The van der Waals surface area contributed by atoms with Gasteiger partial charge in [-0.3, -0.25) is 0 Å². The Bertz CT molecular complexity index is 532. The summed E-state index contributed by atoms with van der Waals surface area (Å²) < 4.78 is 54.3. The molecule has 118 valence electrons. The number of benzene rings is 1. The van der Waals surface area contributed by atoms with Gasteiger partial charge in [0.2, 0.25) is 0 Å². The molecule has 2 unspecified atom stereocenters. The highest BCUT2D eigenvalue weighted by molar-refractivity contribution is 5.76. The number of carbonyl (C=O) groups is 1. The number of carbonyl (C=O) groups excluding carboxylic acids is 1. The van der Waals surface area contributed by atoms with Gasteiger partial charge in [0, 0.05) is 11.6 Å². The minimum Gasteiger partial charge on any atom is -0.505 e. The van der Waals surface area contributed by atoms with Crippen LogP contribution in [0.15, 0.2) is 18.2 Å². The number of aliphatic hydroxyl groups is 1. The van der Waals surface area contributed by atoms with E-state index in [0.717, 1.165) is 18.2 Å². The number of halogens is 4. The minimum atomic E-state index is -5.29. The highest BCUT2D eigenvalue weighted by atomic mass is 19.4. The van der Waals surface area contributed by atoms with E-state index in [-0.39, 0.29) is 5.56 Å². The van der Waals surface area contributed by atoms with E-state index < -0.39 is 42.0 Å². The van der Waals surface area contributed by atoms with Crippen LogP contribution < -0.4 is 5.73 Å². The highest BCUT2D eigenvalue weighted by Gasteiger charge is 2.49. The maximum Gasteiger partial charge on any atom is 0.490 e. The number of alkyl halides is 3. The summed E-state index contributed by atoms with van der Waals surface area (Å²) in [5, 5.41) is 18.6. The third kappa shape index (κ3) is 3.42. The van der Waals surface area contributed by atoms with Gasteiger partial charge in [0.15, 0.2) is 17.2 Å². The molecule has 0 heterocycles. The lowest BCUT2D eigenvalue weighted by Crippen LogP contribution is -2.51. The van der Waals surface area contributed by atoms with Gasteiger partial charge in [-0.1, -0.05) is 6.07 Å². The lowest BCUT2D eigenvalue weighted by atomic mass is 9.87. The Morgan fingerprint density at radius 1 is 1.43 bits per heavy atom. The Kier molecular flexibility index (Phi) is 4.79. The molecule has 0 fully saturated rings. The second kappa shape index (κ2) is 5.86. The average molecular weight is 311 g/mol. The summed E-state index contributed by atoms with van der Waals surface area (Å²) in [6, 6.07) is 1.18. The number of phenols is 1. The van der Waals surface area contributed by atoms with Crippen molar-refractivity contribution in [3.8, 4) is 5.75 Å². The Labute approximate surface area is 116 Å². The quantitative estimate of drug-likeness (QED) is 0.573. The van der Waals surface area contributed by atoms with Crippen molar-refractivity contribution < 1.29 is 37.3 Å². The summed E-state index contributed by atoms with van der Waals surface area (Å²) >= 11 is 0. The second-order valence-corrected chi connectivity index (χ2v) is 4.39. The van der Waals surface area contributed by atoms with E-state index >= 15 is 0 Å². The fourth-order valence-electron chi connectivity index (χ4n) is 1.68. The van der Waals surface area contributed by atoms with Gasteiger partial charge in [0.1, 0.15) is 0 Å². The van der Waals surface area contributed by atoms with Gasteiger partial charge in [0.25, 0.3) is 0 Å². The van der Waals surface area contributed by atoms with E-state index in [4.69, 9.17) is 5.73 Å². The third-order valence-corrected chi connectivity index (χ3v) is 2.91. The third-order valence-electron chi connectivity index (χ3n) is 2.91. The number of aliphatic hydroxyl groups excluding tert-OH is 1. The zero-order chi connectivity index (χ0) is 16.4. The van der Waals surface area contributed by atoms with Crippen molar-refractivity contribution in [1.82, 2.24) is 0 Å². The molecular formula is C12H13F4NO4. The van der Waals surface area contributed by atoms with E-state index in [1.807, 2.05) is 0 Å². The maximum absolute atomic E-state index is 13.0. The number of hydrogen-bond donors (Lipinski definition) is 3. The molecule has 0 aromatic heterocycles. The van der Waals surface area contributed by atoms with Crippen molar-refractivity contribution in [3.05, 3.63) is 29.6 Å². The van der Waals surface area contributed by atoms with Crippen LogP contribution in [0.2, 0.25) is 0 Å². The Morgan fingerprint density at radius 3 is 2.38 bits per heavy atom. The molecular weight excluding hydrogens is 298 g/mol. The molecule has 0 saturated heterocycles. The van der Waals surface area contributed by atoms with Gasteiger partial charge in [-0.05, 0) is 19.1 Å². The predicted octanol–water partition coefficient (Wildman–Crippen LogP) is 1.17. The van der Waals surface area contributed by atoms with E-state index in [9.17, 15) is 32.6 Å². The minimum absolute atomic E-state index is 0.267. The summed E-state index contributed by atoms with van der Waals surface area (Å²) in [6.07, 6.45) is -5.29. The van der Waals surface area contributed by atoms with E-state index in [2.05, 4.69) is 4.74 Å². The van der Waals surface area contributed by atoms with E-state index in [1.165, 1.54) is 6.92 Å². The highest BCUT2D eigenvalue weighted by Crippen LogP contribution is 2.34. The Balaban J connectivity index is 3.33. The van der Waals surface area contributed by atoms with Gasteiger partial charge in [-0.25, -0.2) is 9.18 Å². The first-order valence-corrected chi connectivity index (χ1v) is 5.70. The SMILES string of the molecule is CC(N)C(CO)(OC(=O)C(F)(F)F)c1ccc(F)c(O)c1. The zero-order valence-electron chi connectivity index (χ0n) is 10.8. The lowest BCUT2D eigenvalue weighted by Gasteiger charge is -2.35. The summed E-state index contributed by atoms with van der Waals surface area (Å²) in [6.45, 7) is 0.109. The van der Waals surface area contributed by atoms with Crippen LogP contribution in [0.5, 0.6) is 5.75 Å². The second-order valence-electron chi connectivity index (χ2n) is 4.39. The average Bonchev–Trinajstić information content (AvgIpc) is 2.37. The summed E-state index contributed by atoms with van der Waals surface area (Å²) in [7, 11) is 0. The van der Waals surface area contributed by atoms with Gasteiger partial charge < -0.3 is 20.7 Å². The van der Waals surface area contributed by atoms with Gasteiger partial charge >= 0.3 is 12.1 Å². The molecule has 0 bridgehead atoms. The van der Waals surface area contributed by atoms with Crippen LogP contribution in [0.25, 0.3) is 0 Å². The molecule has 0 amide bonds. The summed E-state index contributed by atoms with van der Waals surface area (Å²) in [4.78, 5) is 11.0. The molecule has 0 spiro atoms. The van der Waals surface area contributed by atoms with Gasteiger partial charge in [-0.2, -0.15) is 13.2 Å². The molecule has 0 aliphatic rings. The Morgan fingerprint density at radius 2 is 2.00 bits per heavy atom. The largest absolute Gasteiger partial charge is 0.505 e. The first-order valence-electron chi connectivity index (χ1n) is 5.70. The molecule has 1 aromatic carbocycles. The van der Waals surface area contributed by atoms with Gasteiger partial charge in [0.05, 0.1) is 6.61 Å². The van der Waals surface area contributed by atoms with Crippen LogP contribution in [0.3, 0.4) is 0 Å². The summed E-state index contributed by atoms with van der Waals surface area (Å²) in [5.74, 6) is -4.47. The molecule has 9 heteroatoms. The van der Waals surface area contributed by atoms with Crippen LogP contribution in [0, 0.1) is 5.82 Å². The van der Waals surface area contributed by atoms with Crippen molar-refractivity contribution in [2.75, 3.05) is 6.61 Å². The van der Waals surface area contributed by atoms with Crippen molar-refractivity contribution in [3.63, 3.8) is 0 Å². The van der Waals surface area contributed by atoms with Gasteiger partial charge in [-0.15, -0.1) is 0 Å². The lowest BCUT2D eigenvalue weighted by molar-refractivity contribution is -0.220. The number of aromatic hydroxyl groups is 1. The normalized spacial score (nSPS) is 16.1. The molecule has 2 atom stereocenters. The van der Waals surface area contributed by atoms with Crippen molar-refractivity contribution >= 4 is 5.97 Å². The molecule has 0 saturated carbocycles. The standard InChI is InChI=1S/C12H13F4NO4/c1-6(17)11(5-18,21-10(20)12(14,15)16)7-2-3-8(13)9(19)4-7/h2-4,6,18-19H,5,17H2,1H3. The summed E-state index contributed by atoms with van der Waals surface area (Å²) in [5.41, 5.74) is 2.98. The van der Waals surface area contributed by atoms with Crippen molar-refractivity contribution in [2.24, 2.45) is 5.73 Å². The number of nitrogens with two attached hydrogens (primary N) is 1. The molecule has 21 heavy (non-hydrogen) atoms. The number of esters is 1. The molecule has 1 rings (SSSR count).